The number of hydrogen-bond donors (Lipinski definition) is 1. The zero-order valence-corrected chi connectivity index (χ0v) is 17.1. The second-order valence-corrected chi connectivity index (χ2v) is 7.32. The minimum absolute atomic E-state index is 0.0306. The summed E-state index contributed by atoms with van der Waals surface area (Å²) in [6.07, 6.45) is 0.930. The molecule has 1 fully saturated rings. The molecule has 0 bridgehead atoms. The SMILES string of the molecule is CCc1ccc(N2C[C@@H](C(=O)OCC(=O)Nc3cc(Cl)ccc3C#N)CC2=O)cc1. The Morgan fingerprint density at radius 3 is 2.67 bits per heavy atom. The molecule has 1 aliphatic heterocycles. The smallest absolute Gasteiger partial charge is 0.311 e. The molecule has 1 aliphatic rings. The van der Waals surface area contributed by atoms with E-state index in [0.29, 0.717) is 5.02 Å². The molecule has 1 heterocycles. The summed E-state index contributed by atoms with van der Waals surface area (Å²) >= 11 is 5.88. The van der Waals surface area contributed by atoms with Crippen LogP contribution in [0.15, 0.2) is 42.5 Å². The quantitative estimate of drug-likeness (QED) is 0.716. The minimum Gasteiger partial charge on any atom is -0.455 e. The number of nitrogens with zero attached hydrogens (tertiary/aromatic N) is 2. The fourth-order valence-electron chi connectivity index (χ4n) is 3.18. The van der Waals surface area contributed by atoms with Gasteiger partial charge in [0.05, 0.1) is 17.2 Å². The summed E-state index contributed by atoms with van der Waals surface area (Å²) < 4.78 is 5.09. The molecule has 0 radical (unpaired) electrons. The van der Waals surface area contributed by atoms with Crippen LogP contribution in [0.3, 0.4) is 0 Å². The van der Waals surface area contributed by atoms with Crippen molar-refractivity contribution in [3.63, 3.8) is 0 Å². The van der Waals surface area contributed by atoms with Gasteiger partial charge < -0.3 is 15.0 Å². The molecule has 1 N–H and O–H groups in total. The van der Waals surface area contributed by atoms with Gasteiger partial charge in [0.2, 0.25) is 5.91 Å². The van der Waals surface area contributed by atoms with E-state index in [9.17, 15) is 14.4 Å². The van der Waals surface area contributed by atoms with Crippen LogP contribution in [0.2, 0.25) is 5.02 Å². The number of ether oxygens (including phenoxy) is 1. The Hall–Kier alpha value is -3.37. The topological polar surface area (TPSA) is 99.5 Å². The maximum absolute atomic E-state index is 12.3. The van der Waals surface area contributed by atoms with Crippen LogP contribution in [0, 0.1) is 17.2 Å². The standard InChI is InChI=1S/C22H20ClN3O4/c1-2-14-3-7-18(8-4-14)26-12-16(9-21(26)28)22(29)30-13-20(27)25-19-10-17(23)6-5-15(19)11-24/h3-8,10,16H,2,9,12-13H2,1H3,(H,25,27)/t16-/m0/s1. The number of esters is 1. The maximum Gasteiger partial charge on any atom is 0.311 e. The molecule has 0 aliphatic carbocycles. The lowest BCUT2D eigenvalue weighted by atomic mass is 10.1. The van der Waals surface area contributed by atoms with Crippen molar-refractivity contribution in [2.75, 3.05) is 23.4 Å². The van der Waals surface area contributed by atoms with E-state index in [1.54, 1.807) is 4.90 Å². The zero-order valence-electron chi connectivity index (χ0n) is 16.4. The Kier molecular flexibility index (Phi) is 6.70. The van der Waals surface area contributed by atoms with Crippen molar-refractivity contribution < 1.29 is 19.1 Å². The second-order valence-electron chi connectivity index (χ2n) is 6.88. The maximum atomic E-state index is 12.3. The first-order valence-electron chi connectivity index (χ1n) is 9.46. The van der Waals surface area contributed by atoms with Gasteiger partial charge in [-0.1, -0.05) is 30.7 Å². The van der Waals surface area contributed by atoms with E-state index in [1.165, 1.54) is 18.2 Å². The number of aryl methyl sites for hydroxylation is 1. The van der Waals surface area contributed by atoms with Gasteiger partial charge in [0.15, 0.2) is 6.61 Å². The third-order valence-electron chi connectivity index (χ3n) is 4.84. The molecule has 0 saturated carbocycles. The molecule has 0 unspecified atom stereocenters. The first kappa shape index (κ1) is 21.3. The third kappa shape index (κ3) is 4.97. The highest BCUT2D eigenvalue weighted by Crippen LogP contribution is 2.26. The lowest BCUT2D eigenvalue weighted by Gasteiger charge is -2.17. The van der Waals surface area contributed by atoms with Gasteiger partial charge in [-0.25, -0.2) is 0 Å². The second kappa shape index (κ2) is 9.42. The third-order valence-corrected chi connectivity index (χ3v) is 5.07. The fourth-order valence-corrected chi connectivity index (χ4v) is 3.36. The molecule has 154 valence electrons. The first-order chi connectivity index (χ1) is 14.4. The summed E-state index contributed by atoms with van der Waals surface area (Å²) in [6, 6.07) is 14.0. The predicted octanol–water partition coefficient (Wildman–Crippen LogP) is 3.31. The van der Waals surface area contributed by atoms with Crippen molar-refractivity contribution in [3.05, 3.63) is 58.6 Å². The minimum atomic E-state index is -0.642. The Labute approximate surface area is 179 Å². The molecule has 3 rings (SSSR count). The van der Waals surface area contributed by atoms with E-state index in [-0.39, 0.29) is 30.1 Å². The molecule has 2 aromatic carbocycles. The van der Waals surface area contributed by atoms with Crippen LogP contribution in [0.5, 0.6) is 0 Å². The Bertz CT molecular complexity index is 1010. The van der Waals surface area contributed by atoms with Gasteiger partial charge in [0, 0.05) is 23.7 Å². The average molecular weight is 426 g/mol. The Balaban J connectivity index is 1.55. The molecule has 0 spiro atoms. The van der Waals surface area contributed by atoms with E-state index in [2.05, 4.69) is 5.32 Å². The van der Waals surface area contributed by atoms with Crippen molar-refractivity contribution in [2.45, 2.75) is 19.8 Å². The normalized spacial score (nSPS) is 15.6. The Morgan fingerprint density at radius 1 is 1.27 bits per heavy atom. The number of carbonyl (C=O) groups excluding carboxylic acids is 3. The molecule has 0 aromatic heterocycles. The number of hydrogen-bond acceptors (Lipinski definition) is 5. The predicted molar refractivity (Wildman–Crippen MR) is 112 cm³/mol. The van der Waals surface area contributed by atoms with Crippen molar-refractivity contribution in [3.8, 4) is 6.07 Å². The summed E-state index contributed by atoms with van der Waals surface area (Å²) in [5, 5.41) is 12.0. The van der Waals surface area contributed by atoms with Gasteiger partial charge in [0.25, 0.3) is 5.91 Å². The lowest BCUT2D eigenvalue weighted by Crippen LogP contribution is -2.28. The van der Waals surface area contributed by atoms with Gasteiger partial charge in [-0.3, -0.25) is 14.4 Å². The highest BCUT2D eigenvalue weighted by atomic mass is 35.5. The van der Waals surface area contributed by atoms with E-state index in [1.807, 2.05) is 37.3 Å². The summed E-state index contributed by atoms with van der Waals surface area (Å²) in [4.78, 5) is 38.3. The monoisotopic (exact) mass is 425 g/mol. The van der Waals surface area contributed by atoms with Crippen LogP contribution < -0.4 is 10.2 Å². The number of nitriles is 1. The van der Waals surface area contributed by atoms with Crippen LogP contribution in [0.25, 0.3) is 0 Å². The number of anilines is 2. The van der Waals surface area contributed by atoms with Gasteiger partial charge >= 0.3 is 5.97 Å². The molecule has 1 atom stereocenters. The highest BCUT2D eigenvalue weighted by molar-refractivity contribution is 6.31. The molecular formula is C22H20ClN3O4. The molecule has 7 nitrogen and oxygen atoms in total. The number of benzene rings is 2. The number of carbonyl (C=O) groups is 3. The average Bonchev–Trinajstić information content (AvgIpc) is 3.14. The van der Waals surface area contributed by atoms with Crippen LogP contribution in [0.1, 0.15) is 24.5 Å². The highest BCUT2D eigenvalue weighted by Gasteiger charge is 2.36. The van der Waals surface area contributed by atoms with Crippen molar-refractivity contribution >= 4 is 40.8 Å². The van der Waals surface area contributed by atoms with Crippen LogP contribution in [-0.4, -0.2) is 30.9 Å². The molecule has 8 heteroatoms. The van der Waals surface area contributed by atoms with Gasteiger partial charge in [-0.05, 0) is 42.3 Å². The van der Waals surface area contributed by atoms with Crippen molar-refractivity contribution in [1.29, 1.82) is 5.26 Å². The molecular weight excluding hydrogens is 406 g/mol. The van der Waals surface area contributed by atoms with Crippen LogP contribution in [0.4, 0.5) is 11.4 Å². The van der Waals surface area contributed by atoms with Crippen molar-refractivity contribution in [1.82, 2.24) is 0 Å². The van der Waals surface area contributed by atoms with Gasteiger partial charge in [0.1, 0.15) is 6.07 Å². The van der Waals surface area contributed by atoms with Crippen molar-refractivity contribution in [2.24, 2.45) is 5.92 Å². The van der Waals surface area contributed by atoms with Gasteiger partial charge in [-0.15, -0.1) is 0 Å². The largest absolute Gasteiger partial charge is 0.455 e. The number of halogens is 1. The first-order valence-corrected chi connectivity index (χ1v) is 9.84. The molecule has 30 heavy (non-hydrogen) atoms. The molecule has 2 aromatic rings. The van der Waals surface area contributed by atoms with Crippen LogP contribution in [-0.2, 0) is 25.5 Å². The number of nitrogens with one attached hydrogen (secondary N) is 1. The number of rotatable bonds is 6. The zero-order chi connectivity index (χ0) is 21.7. The Morgan fingerprint density at radius 2 is 2.00 bits per heavy atom. The van der Waals surface area contributed by atoms with Crippen LogP contribution >= 0.6 is 11.6 Å². The van der Waals surface area contributed by atoms with E-state index >= 15 is 0 Å². The van der Waals surface area contributed by atoms with Gasteiger partial charge in [-0.2, -0.15) is 5.26 Å². The van der Waals surface area contributed by atoms with E-state index in [0.717, 1.165) is 17.7 Å². The summed E-state index contributed by atoms with van der Waals surface area (Å²) in [5.74, 6) is -2.02. The number of amides is 2. The molecule has 1 saturated heterocycles. The lowest BCUT2D eigenvalue weighted by molar-refractivity contribution is -0.151. The summed E-state index contributed by atoms with van der Waals surface area (Å²) in [5.41, 5.74) is 2.37. The fraction of sp³-hybridized carbons (Fsp3) is 0.273. The van der Waals surface area contributed by atoms with E-state index < -0.39 is 24.4 Å². The summed E-state index contributed by atoms with van der Waals surface area (Å²) in [7, 11) is 0. The van der Waals surface area contributed by atoms with E-state index in [4.69, 9.17) is 21.6 Å². The summed E-state index contributed by atoms with van der Waals surface area (Å²) in [6.45, 7) is 1.73. The molecule has 2 amide bonds.